The van der Waals surface area contributed by atoms with Crippen LogP contribution in [0.3, 0.4) is 0 Å². The minimum atomic E-state index is -0.697. The zero-order valence-corrected chi connectivity index (χ0v) is 10.3. The van der Waals surface area contributed by atoms with Crippen LogP contribution in [0, 0.1) is 25.1 Å². The van der Waals surface area contributed by atoms with Crippen LogP contribution >= 0.6 is 0 Å². The first-order chi connectivity index (χ1) is 9.02. The van der Waals surface area contributed by atoms with Gasteiger partial charge in [0.2, 0.25) is 0 Å². The van der Waals surface area contributed by atoms with Gasteiger partial charge in [0, 0.05) is 11.1 Å². The minimum Gasteiger partial charge on any atom is -0.364 e. The Morgan fingerprint density at radius 3 is 2.79 bits per heavy atom. The predicted octanol–water partition coefficient (Wildman–Crippen LogP) is 2.28. The maximum Gasteiger partial charge on any atom is 0.267 e. The molecule has 1 aromatic heterocycles. The van der Waals surface area contributed by atoms with Crippen molar-refractivity contribution in [3.05, 3.63) is 53.0 Å². The molecule has 0 saturated heterocycles. The molecule has 4 heteroatoms. The van der Waals surface area contributed by atoms with E-state index in [1.54, 1.807) is 31.2 Å². The van der Waals surface area contributed by atoms with E-state index in [1.807, 2.05) is 0 Å². The number of nitrogens with zero attached hydrogens (tertiary/aromatic N) is 1. The summed E-state index contributed by atoms with van der Waals surface area (Å²) in [5.41, 5.74) is 6.72. The molecule has 0 bridgehead atoms. The molecule has 0 aliphatic heterocycles. The number of pyridine rings is 1. The number of aromatic nitrogens is 1. The van der Waals surface area contributed by atoms with Gasteiger partial charge in [-0.2, -0.15) is 0 Å². The van der Waals surface area contributed by atoms with Crippen LogP contribution in [-0.4, -0.2) is 10.9 Å². The van der Waals surface area contributed by atoms with Crippen molar-refractivity contribution in [1.82, 2.24) is 4.98 Å². The number of amides is 1. The molecule has 3 nitrogen and oxygen atoms in total. The lowest BCUT2D eigenvalue weighted by atomic mass is 10.0. The van der Waals surface area contributed by atoms with Gasteiger partial charge in [-0.15, -0.1) is 6.42 Å². The van der Waals surface area contributed by atoms with Gasteiger partial charge in [-0.25, -0.2) is 9.37 Å². The summed E-state index contributed by atoms with van der Waals surface area (Å²) < 4.78 is 14.1. The van der Waals surface area contributed by atoms with Crippen molar-refractivity contribution in [2.75, 3.05) is 0 Å². The Balaban J connectivity index is 2.67. The van der Waals surface area contributed by atoms with Crippen LogP contribution in [0.4, 0.5) is 4.39 Å². The van der Waals surface area contributed by atoms with Crippen LogP contribution in [0.1, 0.15) is 21.6 Å². The molecule has 0 atom stereocenters. The topological polar surface area (TPSA) is 56.0 Å². The SMILES string of the molecule is C#Cc1cccc(-c2nc(C(N)=O)cc(C)c2F)c1. The molecule has 19 heavy (non-hydrogen) atoms. The van der Waals surface area contributed by atoms with E-state index >= 15 is 0 Å². The molecule has 0 aliphatic carbocycles. The van der Waals surface area contributed by atoms with Gasteiger partial charge in [0.15, 0.2) is 5.82 Å². The molecule has 0 aliphatic rings. The van der Waals surface area contributed by atoms with E-state index < -0.39 is 11.7 Å². The largest absolute Gasteiger partial charge is 0.364 e. The normalized spacial score (nSPS) is 9.95. The average Bonchev–Trinajstić information content (AvgIpc) is 2.41. The Hall–Kier alpha value is -2.67. The molecule has 94 valence electrons. The van der Waals surface area contributed by atoms with Crippen LogP contribution in [-0.2, 0) is 0 Å². The number of aryl methyl sites for hydroxylation is 1. The highest BCUT2D eigenvalue weighted by atomic mass is 19.1. The summed E-state index contributed by atoms with van der Waals surface area (Å²) >= 11 is 0. The van der Waals surface area contributed by atoms with E-state index in [4.69, 9.17) is 12.2 Å². The first kappa shape index (κ1) is 12.8. The summed E-state index contributed by atoms with van der Waals surface area (Å²) in [6.07, 6.45) is 5.30. The van der Waals surface area contributed by atoms with Crippen molar-refractivity contribution in [1.29, 1.82) is 0 Å². The molecular formula is C15H11FN2O. The Kier molecular flexibility index (Phi) is 3.30. The second-order valence-electron chi connectivity index (χ2n) is 4.08. The van der Waals surface area contributed by atoms with Crippen LogP contribution < -0.4 is 5.73 Å². The first-order valence-corrected chi connectivity index (χ1v) is 5.57. The zero-order chi connectivity index (χ0) is 14.0. The Labute approximate surface area is 110 Å². The van der Waals surface area contributed by atoms with Crippen molar-refractivity contribution in [3.8, 4) is 23.6 Å². The molecule has 1 amide bonds. The first-order valence-electron chi connectivity index (χ1n) is 5.57. The Morgan fingerprint density at radius 2 is 2.16 bits per heavy atom. The fourth-order valence-electron chi connectivity index (χ4n) is 1.73. The van der Waals surface area contributed by atoms with Crippen molar-refractivity contribution in [2.45, 2.75) is 6.92 Å². The maximum atomic E-state index is 14.1. The summed E-state index contributed by atoms with van der Waals surface area (Å²) in [5, 5.41) is 0. The number of nitrogens with two attached hydrogens (primary N) is 1. The van der Waals surface area contributed by atoms with E-state index in [-0.39, 0.29) is 11.4 Å². The third kappa shape index (κ3) is 2.45. The monoisotopic (exact) mass is 254 g/mol. The van der Waals surface area contributed by atoms with Crippen molar-refractivity contribution >= 4 is 5.91 Å². The second kappa shape index (κ2) is 4.91. The molecule has 1 aromatic carbocycles. The minimum absolute atomic E-state index is 0.0278. The lowest BCUT2D eigenvalue weighted by Crippen LogP contribution is -2.14. The Bertz CT molecular complexity index is 702. The molecule has 0 radical (unpaired) electrons. The van der Waals surface area contributed by atoms with Gasteiger partial charge in [-0.05, 0) is 30.7 Å². The molecule has 0 saturated carbocycles. The lowest BCUT2D eigenvalue weighted by molar-refractivity contribution is 0.0995. The summed E-state index contributed by atoms with van der Waals surface area (Å²) in [7, 11) is 0. The van der Waals surface area contributed by atoms with Crippen LogP contribution in [0.2, 0.25) is 0 Å². The van der Waals surface area contributed by atoms with E-state index in [9.17, 15) is 9.18 Å². The van der Waals surface area contributed by atoms with E-state index in [0.717, 1.165) is 0 Å². The van der Waals surface area contributed by atoms with Gasteiger partial charge < -0.3 is 5.73 Å². The summed E-state index contributed by atoms with van der Waals surface area (Å²) in [6.45, 7) is 1.55. The quantitative estimate of drug-likeness (QED) is 0.836. The molecule has 1 heterocycles. The standard InChI is InChI=1S/C15H11FN2O/c1-3-10-5-4-6-11(8-10)14-13(16)9(2)7-12(18-14)15(17)19/h1,4-8H,2H3,(H2,17,19). The third-order valence-corrected chi connectivity index (χ3v) is 2.69. The van der Waals surface area contributed by atoms with Crippen molar-refractivity contribution in [2.24, 2.45) is 5.73 Å². The summed E-state index contributed by atoms with van der Waals surface area (Å²) in [4.78, 5) is 15.1. The number of rotatable bonds is 2. The number of carbonyl (C=O) groups excluding carboxylic acids is 1. The molecule has 0 spiro atoms. The van der Waals surface area contributed by atoms with Crippen LogP contribution in [0.15, 0.2) is 30.3 Å². The number of primary amides is 1. The highest BCUT2D eigenvalue weighted by Crippen LogP contribution is 2.24. The summed E-state index contributed by atoms with van der Waals surface area (Å²) in [6, 6.07) is 8.07. The van der Waals surface area contributed by atoms with Gasteiger partial charge >= 0.3 is 0 Å². The number of halogens is 1. The molecule has 0 unspecified atom stereocenters. The van der Waals surface area contributed by atoms with Crippen LogP contribution in [0.25, 0.3) is 11.3 Å². The molecule has 0 fully saturated rings. The smallest absolute Gasteiger partial charge is 0.267 e. The lowest BCUT2D eigenvalue weighted by Gasteiger charge is -2.07. The molecule has 2 rings (SSSR count). The summed E-state index contributed by atoms with van der Waals surface area (Å²) in [5.74, 6) is 1.28. The molecule has 2 aromatic rings. The molecule has 2 N–H and O–H groups in total. The highest BCUT2D eigenvalue weighted by Gasteiger charge is 2.14. The van der Waals surface area contributed by atoms with Gasteiger partial charge in [-0.3, -0.25) is 4.79 Å². The van der Waals surface area contributed by atoms with E-state index in [0.29, 0.717) is 16.7 Å². The fourth-order valence-corrected chi connectivity index (χ4v) is 1.73. The second-order valence-corrected chi connectivity index (χ2v) is 4.08. The highest BCUT2D eigenvalue weighted by molar-refractivity contribution is 5.91. The fraction of sp³-hybridized carbons (Fsp3) is 0.0667. The van der Waals surface area contributed by atoms with Crippen molar-refractivity contribution < 1.29 is 9.18 Å². The van der Waals surface area contributed by atoms with Crippen molar-refractivity contribution in [3.63, 3.8) is 0 Å². The number of benzene rings is 1. The van der Waals surface area contributed by atoms with E-state index in [2.05, 4.69) is 10.9 Å². The third-order valence-electron chi connectivity index (χ3n) is 2.69. The Morgan fingerprint density at radius 1 is 1.42 bits per heavy atom. The predicted molar refractivity (Wildman–Crippen MR) is 70.8 cm³/mol. The average molecular weight is 254 g/mol. The maximum absolute atomic E-state index is 14.1. The number of terminal acetylenes is 1. The zero-order valence-electron chi connectivity index (χ0n) is 10.3. The van der Waals surface area contributed by atoms with Gasteiger partial charge in [0.1, 0.15) is 11.4 Å². The van der Waals surface area contributed by atoms with Gasteiger partial charge in [0.05, 0.1) is 0 Å². The number of hydrogen-bond donors (Lipinski definition) is 1. The number of hydrogen-bond acceptors (Lipinski definition) is 2. The van der Waals surface area contributed by atoms with Gasteiger partial charge in [0.25, 0.3) is 5.91 Å². The van der Waals surface area contributed by atoms with Crippen LogP contribution in [0.5, 0.6) is 0 Å². The van der Waals surface area contributed by atoms with Gasteiger partial charge in [-0.1, -0.05) is 18.1 Å². The number of carbonyl (C=O) groups is 1. The molecular weight excluding hydrogens is 243 g/mol. The van der Waals surface area contributed by atoms with E-state index in [1.165, 1.54) is 6.07 Å².